The highest BCUT2D eigenvalue weighted by atomic mass is 16.7. The third kappa shape index (κ3) is 3.93. The van der Waals surface area contributed by atoms with Gasteiger partial charge in [0.15, 0.2) is 6.10 Å². The Morgan fingerprint density at radius 3 is 2.33 bits per heavy atom. The van der Waals surface area contributed by atoms with E-state index in [0.717, 1.165) is 24.7 Å². The molecule has 2 saturated heterocycles. The molecule has 0 aromatic carbocycles. The van der Waals surface area contributed by atoms with E-state index in [-0.39, 0.29) is 6.04 Å². The van der Waals surface area contributed by atoms with Crippen LogP contribution in [-0.2, 0) is 14.1 Å². The number of rotatable bonds is 6. The second kappa shape index (κ2) is 7.74. The molecule has 2 aliphatic heterocycles. The first kappa shape index (κ1) is 21.5. The van der Waals surface area contributed by atoms with E-state index in [9.17, 15) is 9.90 Å². The Bertz CT molecular complexity index is 770. The van der Waals surface area contributed by atoms with Gasteiger partial charge in [-0.2, -0.15) is 0 Å². The summed E-state index contributed by atoms with van der Waals surface area (Å²) in [7, 11) is -0.502. The monoisotopic (exact) mass is 418 g/mol. The van der Waals surface area contributed by atoms with Gasteiger partial charge in [-0.3, -0.25) is 4.79 Å². The summed E-state index contributed by atoms with van der Waals surface area (Å²) in [5.41, 5.74) is -0.0625. The quantitative estimate of drug-likeness (QED) is 0.607. The lowest BCUT2D eigenvalue weighted by atomic mass is 9.81. The fourth-order valence-electron chi connectivity index (χ4n) is 4.00. The molecular weight excluding hydrogens is 387 g/mol. The minimum Gasteiger partial charge on any atom is -0.399 e. The van der Waals surface area contributed by atoms with E-state index in [4.69, 9.17) is 14.4 Å². The normalized spacial score (nSPS) is 26.1. The average Bonchev–Trinajstić information content (AvgIpc) is 3.36. The largest absolute Gasteiger partial charge is 0.498 e. The lowest BCUT2D eigenvalue weighted by Crippen LogP contribution is -2.44. The van der Waals surface area contributed by atoms with Crippen LogP contribution in [0.1, 0.15) is 47.0 Å². The maximum absolute atomic E-state index is 12.2. The fraction of sp³-hybridized carbons (Fsp3) is 0.750. The van der Waals surface area contributed by atoms with Crippen LogP contribution in [0.25, 0.3) is 0 Å². The van der Waals surface area contributed by atoms with Gasteiger partial charge in [0.05, 0.1) is 23.9 Å². The van der Waals surface area contributed by atoms with Crippen molar-refractivity contribution < 1.29 is 24.3 Å². The van der Waals surface area contributed by atoms with Crippen LogP contribution in [0.2, 0.25) is 0 Å². The number of hydrogen-bond acceptors (Lipinski definition) is 8. The number of aliphatic hydroxyl groups is 2. The Labute approximate surface area is 177 Å². The molecule has 3 heterocycles. The van der Waals surface area contributed by atoms with Gasteiger partial charge >= 0.3 is 7.12 Å². The molecule has 0 radical (unpaired) electrons. The first-order valence-corrected chi connectivity index (χ1v) is 10.7. The lowest BCUT2D eigenvalue weighted by Gasteiger charge is -2.32. The Morgan fingerprint density at radius 1 is 1.20 bits per heavy atom. The zero-order valence-electron chi connectivity index (χ0n) is 18.1. The Hall–Kier alpha value is -1.75. The summed E-state index contributed by atoms with van der Waals surface area (Å²) >= 11 is 0. The molecule has 2 atom stereocenters. The molecule has 0 unspecified atom stereocenters. The summed E-state index contributed by atoms with van der Waals surface area (Å²) in [4.78, 5) is 25.2. The van der Waals surface area contributed by atoms with Crippen LogP contribution in [0, 0.1) is 0 Å². The summed E-state index contributed by atoms with van der Waals surface area (Å²) < 4.78 is 12.2. The van der Waals surface area contributed by atoms with E-state index in [2.05, 4.69) is 14.9 Å². The molecule has 10 heteroatoms. The Kier molecular flexibility index (Phi) is 5.55. The van der Waals surface area contributed by atoms with Crippen molar-refractivity contribution in [2.45, 2.75) is 76.3 Å². The smallest absolute Gasteiger partial charge is 0.399 e. The van der Waals surface area contributed by atoms with Gasteiger partial charge in [-0.25, -0.2) is 9.97 Å². The summed E-state index contributed by atoms with van der Waals surface area (Å²) in [6.07, 6.45) is 5.09. The third-order valence-electron chi connectivity index (χ3n) is 6.68. The molecule has 2 N–H and O–H groups in total. The van der Waals surface area contributed by atoms with Gasteiger partial charge in [0.25, 0.3) is 5.91 Å². The summed E-state index contributed by atoms with van der Waals surface area (Å²) in [5.74, 6) is 0.215. The molecule has 3 fully saturated rings. The highest BCUT2D eigenvalue weighted by molar-refractivity contribution is 6.61. The number of amides is 1. The molecule has 1 aliphatic carbocycles. The number of hydrogen-bond donors (Lipinski definition) is 2. The van der Waals surface area contributed by atoms with Crippen molar-refractivity contribution in [3.63, 3.8) is 0 Å². The maximum Gasteiger partial charge on any atom is 0.498 e. The predicted octanol–water partition coefficient (Wildman–Crippen LogP) is -0.301. The van der Waals surface area contributed by atoms with Crippen molar-refractivity contribution in [3.8, 4) is 0 Å². The number of carbonyl (C=O) groups excluding carboxylic acids is 1. The van der Waals surface area contributed by atoms with Crippen LogP contribution in [0.5, 0.6) is 0 Å². The van der Waals surface area contributed by atoms with Crippen LogP contribution in [0.4, 0.5) is 5.95 Å². The van der Waals surface area contributed by atoms with Crippen LogP contribution >= 0.6 is 0 Å². The standard InChI is InChI=1S/C20H31BN4O5/c1-19(2)20(3,4)30-21(29-19)13-9-22-18(23-10-13)25(14-5-6-14)15-7-8-24(11-15)17(28)16(27)12-26/h9-10,14-16,26-27H,5-8,11-12H2,1-4H3/t15-,16-/m1/s1. The minimum atomic E-state index is -1.35. The maximum atomic E-state index is 12.2. The third-order valence-corrected chi connectivity index (χ3v) is 6.68. The average molecular weight is 418 g/mol. The highest BCUT2D eigenvalue weighted by Gasteiger charge is 2.52. The molecule has 1 aromatic heterocycles. The van der Waals surface area contributed by atoms with Gasteiger partial charge in [0.1, 0.15) is 0 Å². The van der Waals surface area contributed by atoms with Crippen LogP contribution in [0.3, 0.4) is 0 Å². The highest BCUT2D eigenvalue weighted by Crippen LogP contribution is 2.37. The zero-order valence-corrected chi connectivity index (χ0v) is 18.1. The lowest BCUT2D eigenvalue weighted by molar-refractivity contribution is -0.141. The van der Waals surface area contributed by atoms with Gasteiger partial charge in [-0.1, -0.05) is 0 Å². The molecule has 0 bridgehead atoms. The van der Waals surface area contributed by atoms with E-state index in [1.54, 1.807) is 17.3 Å². The van der Waals surface area contributed by atoms with Crippen LogP contribution in [0.15, 0.2) is 12.4 Å². The molecule has 4 rings (SSSR count). The minimum absolute atomic E-state index is 0.0926. The van der Waals surface area contributed by atoms with Gasteiger partial charge in [0, 0.05) is 37.0 Å². The fourth-order valence-corrected chi connectivity index (χ4v) is 4.00. The molecule has 3 aliphatic rings. The first-order valence-electron chi connectivity index (χ1n) is 10.7. The van der Waals surface area contributed by atoms with Crippen molar-refractivity contribution in [3.05, 3.63) is 12.4 Å². The molecular formula is C20H31BN4O5. The van der Waals surface area contributed by atoms with Crippen molar-refractivity contribution >= 4 is 24.4 Å². The van der Waals surface area contributed by atoms with Gasteiger partial charge in [0.2, 0.25) is 5.95 Å². The Morgan fingerprint density at radius 2 is 1.80 bits per heavy atom. The van der Waals surface area contributed by atoms with Crippen molar-refractivity contribution in [1.29, 1.82) is 0 Å². The van der Waals surface area contributed by atoms with Gasteiger partial charge < -0.3 is 29.3 Å². The van der Waals surface area contributed by atoms with E-state index in [1.165, 1.54) is 0 Å². The zero-order chi connectivity index (χ0) is 21.7. The van der Waals surface area contributed by atoms with E-state index >= 15 is 0 Å². The first-order chi connectivity index (χ1) is 14.1. The number of aliphatic hydroxyl groups excluding tert-OH is 2. The second-order valence-electron chi connectivity index (χ2n) is 9.47. The van der Waals surface area contributed by atoms with Crippen molar-refractivity contribution in [1.82, 2.24) is 14.9 Å². The van der Waals surface area contributed by atoms with Gasteiger partial charge in [-0.05, 0) is 47.0 Å². The topological polar surface area (TPSA) is 108 Å². The van der Waals surface area contributed by atoms with Gasteiger partial charge in [-0.15, -0.1) is 0 Å². The summed E-state index contributed by atoms with van der Waals surface area (Å²) in [5, 5.41) is 18.7. The number of carbonyl (C=O) groups is 1. The van der Waals surface area contributed by atoms with E-state index < -0.39 is 36.9 Å². The SMILES string of the molecule is CC1(C)OB(c2cnc(N(C3CC3)[C@@H]3CCN(C(=O)[C@H](O)CO)C3)nc2)OC1(C)C. The molecule has 164 valence electrons. The number of aromatic nitrogens is 2. The number of nitrogens with zero attached hydrogens (tertiary/aromatic N) is 4. The molecule has 1 aromatic rings. The van der Waals surface area contributed by atoms with Crippen LogP contribution in [-0.4, -0.2) is 87.2 Å². The van der Waals surface area contributed by atoms with Crippen molar-refractivity contribution in [2.24, 2.45) is 0 Å². The summed E-state index contributed by atoms with van der Waals surface area (Å²) in [6, 6.07) is 0.463. The second-order valence-corrected chi connectivity index (χ2v) is 9.47. The number of anilines is 1. The van der Waals surface area contributed by atoms with Crippen molar-refractivity contribution in [2.75, 3.05) is 24.6 Å². The van der Waals surface area contributed by atoms with Crippen LogP contribution < -0.4 is 10.4 Å². The molecule has 9 nitrogen and oxygen atoms in total. The summed E-state index contributed by atoms with van der Waals surface area (Å²) in [6.45, 7) is 8.53. The molecule has 1 amide bonds. The molecule has 1 saturated carbocycles. The van der Waals surface area contributed by atoms with E-state index in [1.807, 2.05) is 27.7 Å². The molecule has 0 spiro atoms. The number of likely N-dealkylation sites (tertiary alicyclic amines) is 1. The van der Waals surface area contributed by atoms with E-state index in [0.29, 0.717) is 25.1 Å². The predicted molar refractivity (Wildman–Crippen MR) is 111 cm³/mol. The molecule has 30 heavy (non-hydrogen) atoms. The Balaban J connectivity index is 1.47.